The summed E-state index contributed by atoms with van der Waals surface area (Å²) >= 11 is 5.92. The molecule has 0 radical (unpaired) electrons. The van der Waals surface area contributed by atoms with E-state index in [4.69, 9.17) is 11.6 Å². The molecule has 0 fully saturated rings. The third-order valence-corrected chi connectivity index (χ3v) is 5.14. The third kappa shape index (κ3) is 3.34. The molecule has 146 valence electrons. The van der Waals surface area contributed by atoms with Crippen LogP contribution in [0.3, 0.4) is 0 Å². The molecule has 30 heavy (non-hydrogen) atoms. The second kappa shape index (κ2) is 7.86. The SMILES string of the molecule is Cn1c(/C(C#N)=C(\O)c2ccccc2C(=O)c2ccc(Cl)cc2)nc2ccccc21. The van der Waals surface area contributed by atoms with Gasteiger partial charge in [-0.15, -0.1) is 0 Å². The van der Waals surface area contributed by atoms with Crippen LogP contribution in [-0.4, -0.2) is 20.4 Å². The maximum absolute atomic E-state index is 13.1. The quantitative estimate of drug-likeness (QED) is 0.275. The van der Waals surface area contributed by atoms with Crippen LogP contribution in [0.25, 0.3) is 22.4 Å². The first-order valence-electron chi connectivity index (χ1n) is 9.16. The molecular weight excluding hydrogens is 398 g/mol. The Morgan fingerprint density at radius 2 is 1.63 bits per heavy atom. The van der Waals surface area contributed by atoms with E-state index in [0.29, 0.717) is 21.9 Å². The number of halogens is 1. The standard InChI is InChI=1S/C24H16ClN3O2/c1-28-21-9-5-4-8-20(21)27-24(28)19(14-26)23(30)18-7-3-2-6-17(18)22(29)15-10-12-16(25)13-11-15/h2-13,30H,1H3/b23-19-. The Bertz CT molecular complexity index is 1350. The Labute approximate surface area is 178 Å². The molecule has 0 amide bonds. The first-order chi connectivity index (χ1) is 14.5. The number of para-hydroxylation sites is 2. The number of nitriles is 1. The average molecular weight is 414 g/mol. The van der Waals surface area contributed by atoms with Crippen molar-refractivity contribution < 1.29 is 9.90 Å². The number of fused-ring (bicyclic) bond motifs is 1. The Hall–Kier alpha value is -3.88. The van der Waals surface area contributed by atoms with Crippen LogP contribution in [-0.2, 0) is 7.05 Å². The molecule has 6 heteroatoms. The highest BCUT2D eigenvalue weighted by Gasteiger charge is 2.22. The Balaban J connectivity index is 1.88. The van der Waals surface area contributed by atoms with Crippen molar-refractivity contribution in [2.75, 3.05) is 0 Å². The summed E-state index contributed by atoms with van der Waals surface area (Å²) in [6, 6.07) is 22.7. The molecule has 0 saturated carbocycles. The van der Waals surface area contributed by atoms with E-state index in [1.807, 2.05) is 30.3 Å². The van der Waals surface area contributed by atoms with Gasteiger partial charge in [0.1, 0.15) is 17.4 Å². The molecule has 4 rings (SSSR count). The molecule has 0 aliphatic rings. The zero-order chi connectivity index (χ0) is 21.3. The summed E-state index contributed by atoms with van der Waals surface area (Å²) in [6.07, 6.45) is 0. The number of ketones is 1. The summed E-state index contributed by atoms with van der Waals surface area (Å²) in [5.41, 5.74) is 2.51. The predicted molar refractivity (Wildman–Crippen MR) is 117 cm³/mol. The number of rotatable bonds is 4. The first kappa shape index (κ1) is 19.4. The fourth-order valence-electron chi connectivity index (χ4n) is 3.36. The molecule has 0 unspecified atom stereocenters. The number of allylic oxidation sites excluding steroid dienone is 1. The third-order valence-electron chi connectivity index (χ3n) is 4.89. The molecule has 0 saturated heterocycles. The fraction of sp³-hybridized carbons (Fsp3) is 0.0417. The number of carbonyl (C=O) groups excluding carboxylic acids is 1. The molecule has 3 aromatic carbocycles. The second-order valence-corrected chi connectivity index (χ2v) is 7.14. The van der Waals surface area contributed by atoms with Gasteiger partial charge in [0.05, 0.1) is 11.0 Å². The lowest BCUT2D eigenvalue weighted by atomic mass is 9.95. The first-order valence-corrected chi connectivity index (χ1v) is 9.54. The van der Waals surface area contributed by atoms with E-state index in [0.717, 1.165) is 5.52 Å². The molecule has 0 aliphatic carbocycles. The van der Waals surface area contributed by atoms with Gasteiger partial charge in [-0.05, 0) is 36.4 Å². The van der Waals surface area contributed by atoms with E-state index < -0.39 is 0 Å². The lowest BCUT2D eigenvalue weighted by Crippen LogP contribution is -2.07. The molecular formula is C24H16ClN3O2. The van der Waals surface area contributed by atoms with Gasteiger partial charge in [0, 0.05) is 28.8 Å². The van der Waals surface area contributed by atoms with Crippen molar-refractivity contribution in [3.63, 3.8) is 0 Å². The Morgan fingerprint density at radius 1 is 1.00 bits per heavy atom. The van der Waals surface area contributed by atoms with Crippen molar-refractivity contribution in [2.24, 2.45) is 7.05 Å². The minimum absolute atomic E-state index is 0.00921. The number of imidazole rings is 1. The topological polar surface area (TPSA) is 78.9 Å². The number of benzene rings is 3. The smallest absolute Gasteiger partial charge is 0.193 e. The Morgan fingerprint density at radius 3 is 2.30 bits per heavy atom. The van der Waals surface area contributed by atoms with Crippen molar-refractivity contribution in [3.05, 3.63) is 100 Å². The van der Waals surface area contributed by atoms with E-state index in [9.17, 15) is 15.2 Å². The maximum atomic E-state index is 13.1. The van der Waals surface area contributed by atoms with Crippen molar-refractivity contribution in [3.8, 4) is 6.07 Å². The van der Waals surface area contributed by atoms with Gasteiger partial charge < -0.3 is 9.67 Å². The zero-order valence-corrected chi connectivity index (χ0v) is 16.8. The number of hydrogen-bond donors (Lipinski definition) is 1. The van der Waals surface area contributed by atoms with Gasteiger partial charge in [-0.3, -0.25) is 4.79 Å². The number of aryl methyl sites for hydroxylation is 1. The van der Waals surface area contributed by atoms with Crippen molar-refractivity contribution >= 4 is 39.7 Å². The van der Waals surface area contributed by atoms with Crippen LogP contribution in [0.15, 0.2) is 72.8 Å². The van der Waals surface area contributed by atoms with Crippen molar-refractivity contribution in [2.45, 2.75) is 0 Å². The number of hydrogen-bond acceptors (Lipinski definition) is 4. The summed E-state index contributed by atoms with van der Waals surface area (Å²) in [5, 5.41) is 21.4. The normalized spacial score (nSPS) is 11.8. The van der Waals surface area contributed by atoms with Crippen LogP contribution in [0.1, 0.15) is 27.3 Å². The molecule has 5 nitrogen and oxygen atoms in total. The number of aliphatic hydroxyl groups excluding tert-OH is 1. The summed E-state index contributed by atoms with van der Waals surface area (Å²) in [4.78, 5) is 17.6. The average Bonchev–Trinajstić information content (AvgIpc) is 3.11. The van der Waals surface area contributed by atoms with Crippen molar-refractivity contribution in [1.82, 2.24) is 9.55 Å². The van der Waals surface area contributed by atoms with Gasteiger partial charge in [-0.25, -0.2) is 4.98 Å². The lowest BCUT2D eigenvalue weighted by molar-refractivity contribution is 0.103. The summed E-state index contributed by atoms with van der Waals surface area (Å²) in [6.45, 7) is 0. The Kier molecular flexibility index (Phi) is 5.09. The molecule has 0 atom stereocenters. The van der Waals surface area contributed by atoms with Crippen LogP contribution < -0.4 is 0 Å². The molecule has 0 aliphatic heterocycles. The molecule has 4 aromatic rings. The van der Waals surface area contributed by atoms with Crippen LogP contribution in [0, 0.1) is 11.3 Å². The van der Waals surface area contributed by atoms with Gasteiger partial charge in [0.2, 0.25) is 0 Å². The predicted octanol–water partition coefficient (Wildman–Crippen LogP) is 5.41. The van der Waals surface area contributed by atoms with Crippen LogP contribution in [0.5, 0.6) is 0 Å². The second-order valence-electron chi connectivity index (χ2n) is 6.70. The maximum Gasteiger partial charge on any atom is 0.193 e. The van der Waals surface area contributed by atoms with Crippen molar-refractivity contribution in [1.29, 1.82) is 5.26 Å². The number of carbonyl (C=O) groups is 1. The highest BCUT2D eigenvalue weighted by molar-refractivity contribution is 6.30. The number of aliphatic hydroxyl groups is 1. The van der Waals surface area contributed by atoms with Gasteiger partial charge in [0.15, 0.2) is 11.6 Å². The number of nitrogens with zero attached hydrogens (tertiary/aromatic N) is 3. The fourth-order valence-corrected chi connectivity index (χ4v) is 3.48. The summed E-state index contributed by atoms with van der Waals surface area (Å²) < 4.78 is 1.74. The largest absolute Gasteiger partial charge is 0.506 e. The molecule has 1 heterocycles. The van der Waals surface area contributed by atoms with Gasteiger partial charge in [-0.1, -0.05) is 48.0 Å². The monoisotopic (exact) mass is 413 g/mol. The van der Waals surface area contributed by atoms with Crippen LogP contribution >= 0.6 is 11.6 Å². The van der Waals surface area contributed by atoms with Gasteiger partial charge >= 0.3 is 0 Å². The van der Waals surface area contributed by atoms with E-state index in [-0.39, 0.29) is 28.2 Å². The molecule has 0 spiro atoms. The minimum Gasteiger partial charge on any atom is -0.506 e. The minimum atomic E-state index is -0.297. The van der Waals surface area contributed by atoms with Crippen LogP contribution in [0.2, 0.25) is 5.02 Å². The molecule has 0 bridgehead atoms. The highest BCUT2D eigenvalue weighted by atomic mass is 35.5. The van der Waals surface area contributed by atoms with E-state index in [1.165, 1.54) is 0 Å². The zero-order valence-electron chi connectivity index (χ0n) is 16.0. The van der Waals surface area contributed by atoms with Crippen LogP contribution in [0.4, 0.5) is 0 Å². The summed E-state index contributed by atoms with van der Waals surface area (Å²) in [7, 11) is 1.78. The number of aromatic nitrogens is 2. The van der Waals surface area contributed by atoms with E-state index >= 15 is 0 Å². The van der Waals surface area contributed by atoms with Gasteiger partial charge in [-0.2, -0.15) is 5.26 Å². The van der Waals surface area contributed by atoms with Gasteiger partial charge in [0.25, 0.3) is 0 Å². The molecule has 1 N–H and O–H groups in total. The van der Waals surface area contributed by atoms with E-state index in [1.54, 1.807) is 60.1 Å². The lowest BCUT2D eigenvalue weighted by Gasteiger charge is -2.10. The molecule has 1 aromatic heterocycles. The van der Waals surface area contributed by atoms with E-state index in [2.05, 4.69) is 4.98 Å². The summed E-state index contributed by atoms with van der Waals surface area (Å²) in [5.74, 6) is -0.255. The highest BCUT2D eigenvalue weighted by Crippen LogP contribution is 2.29.